The molecule has 0 fully saturated rings. The number of amides is 1. The number of hydrogen-bond donors (Lipinski definition) is 2. The van der Waals surface area contributed by atoms with Gasteiger partial charge < -0.3 is 11.1 Å². The van der Waals surface area contributed by atoms with Gasteiger partial charge in [-0.05, 0) is 13.3 Å². The normalized spacial score (nSPS) is 11.4. The van der Waals surface area contributed by atoms with E-state index >= 15 is 0 Å². The van der Waals surface area contributed by atoms with Crippen molar-refractivity contribution in [1.82, 2.24) is 10.3 Å². The highest BCUT2D eigenvalue weighted by Crippen LogP contribution is 2.08. The van der Waals surface area contributed by atoms with E-state index in [1.165, 1.54) is 11.3 Å². The fourth-order valence-corrected chi connectivity index (χ4v) is 1.77. The average molecular weight is 262 g/mol. The first-order chi connectivity index (χ1) is 7.17. The Morgan fingerprint density at radius 3 is 3.00 bits per heavy atom. The molecule has 0 spiro atoms. The van der Waals surface area contributed by atoms with Gasteiger partial charge in [-0.1, -0.05) is 6.08 Å². The number of aromatic nitrogens is 1. The van der Waals surface area contributed by atoms with Gasteiger partial charge in [0.25, 0.3) is 5.91 Å². The lowest BCUT2D eigenvalue weighted by molar-refractivity contribution is 0.0936. The van der Waals surface area contributed by atoms with E-state index in [0.29, 0.717) is 12.2 Å². The van der Waals surface area contributed by atoms with Crippen LogP contribution in [0.25, 0.3) is 0 Å². The van der Waals surface area contributed by atoms with Crippen molar-refractivity contribution >= 4 is 29.7 Å². The molecule has 0 aliphatic heterocycles. The minimum Gasteiger partial charge on any atom is -0.348 e. The third-order valence-electron chi connectivity index (χ3n) is 1.86. The van der Waals surface area contributed by atoms with E-state index < -0.39 is 0 Å². The maximum Gasteiger partial charge on any atom is 0.270 e. The number of thiazole rings is 1. The van der Waals surface area contributed by atoms with Crippen LogP contribution < -0.4 is 11.1 Å². The molecule has 1 unspecified atom stereocenters. The topological polar surface area (TPSA) is 68.0 Å². The summed E-state index contributed by atoms with van der Waals surface area (Å²) in [6.07, 6.45) is 2.52. The van der Waals surface area contributed by atoms with Gasteiger partial charge in [0.1, 0.15) is 10.7 Å². The van der Waals surface area contributed by atoms with E-state index in [2.05, 4.69) is 16.9 Å². The molecule has 3 N–H and O–H groups in total. The third-order valence-corrected chi connectivity index (χ3v) is 2.73. The molecule has 4 nitrogen and oxygen atoms in total. The molecule has 6 heteroatoms. The zero-order valence-electron chi connectivity index (χ0n) is 9.10. The van der Waals surface area contributed by atoms with E-state index in [1.807, 2.05) is 6.92 Å². The van der Waals surface area contributed by atoms with Crippen molar-refractivity contribution in [3.63, 3.8) is 0 Å². The van der Waals surface area contributed by atoms with Gasteiger partial charge in [-0.2, -0.15) is 0 Å². The minimum absolute atomic E-state index is 0. The molecular weight excluding hydrogens is 246 g/mol. The standard InChI is InChI=1S/C10H15N3OS.ClH/c1-3-4-7(2)12-10(14)8-6-15-9(5-11)13-8;/h3,6-7H,1,4-5,11H2,2H3,(H,12,14);1H. The van der Waals surface area contributed by atoms with Crippen molar-refractivity contribution in [1.29, 1.82) is 0 Å². The number of carbonyl (C=O) groups excluding carboxylic acids is 1. The summed E-state index contributed by atoms with van der Waals surface area (Å²) in [7, 11) is 0. The zero-order valence-corrected chi connectivity index (χ0v) is 10.7. The summed E-state index contributed by atoms with van der Waals surface area (Å²) in [5.41, 5.74) is 5.86. The molecular formula is C10H16ClN3OS. The fraction of sp³-hybridized carbons (Fsp3) is 0.400. The monoisotopic (exact) mass is 261 g/mol. The number of halogens is 1. The number of nitrogens with two attached hydrogens (primary N) is 1. The van der Waals surface area contributed by atoms with Crippen molar-refractivity contribution in [2.75, 3.05) is 0 Å². The van der Waals surface area contributed by atoms with Crippen molar-refractivity contribution in [3.8, 4) is 0 Å². The van der Waals surface area contributed by atoms with Gasteiger partial charge in [-0.25, -0.2) is 4.98 Å². The molecule has 0 radical (unpaired) electrons. The molecule has 0 aliphatic rings. The largest absolute Gasteiger partial charge is 0.348 e. The predicted octanol–water partition coefficient (Wildman–Crippen LogP) is 1.72. The number of rotatable bonds is 5. The summed E-state index contributed by atoms with van der Waals surface area (Å²) in [6, 6.07) is 0.0815. The maximum absolute atomic E-state index is 11.6. The first-order valence-electron chi connectivity index (χ1n) is 4.73. The molecule has 1 amide bonds. The highest BCUT2D eigenvalue weighted by molar-refractivity contribution is 7.09. The second kappa shape index (κ2) is 7.38. The van der Waals surface area contributed by atoms with Gasteiger partial charge in [0.15, 0.2) is 0 Å². The summed E-state index contributed by atoms with van der Waals surface area (Å²) < 4.78 is 0. The SMILES string of the molecule is C=CCC(C)NC(=O)c1csc(CN)n1.Cl. The predicted molar refractivity (Wildman–Crippen MR) is 69.0 cm³/mol. The van der Waals surface area contributed by atoms with Crippen LogP contribution in [0.15, 0.2) is 18.0 Å². The van der Waals surface area contributed by atoms with Crippen LogP contribution in [-0.4, -0.2) is 16.9 Å². The molecule has 0 aliphatic carbocycles. The number of hydrogen-bond acceptors (Lipinski definition) is 4. The molecule has 1 aromatic rings. The number of nitrogens with one attached hydrogen (secondary N) is 1. The van der Waals surface area contributed by atoms with Gasteiger partial charge in [0, 0.05) is 18.0 Å². The summed E-state index contributed by atoms with van der Waals surface area (Å²) in [5, 5.41) is 5.32. The Labute approximate surface area is 105 Å². The lowest BCUT2D eigenvalue weighted by Gasteiger charge is -2.09. The van der Waals surface area contributed by atoms with Crippen LogP contribution in [0.5, 0.6) is 0 Å². The smallest absolute Gasteiger partial charge is 0.270 e. The molecule has 0 saturated carbocycles. The summed E-state index contributed by atoms with van der Waals surface area (Å²) in [4.78, 5) is 15.7. The van der Waals surface area contributed by atoms with E-state index in [-0.39, 0.29) is 24.4 Å². The molecule has 1 atom stereocenters. The molecule has 0 aromatic carbocycles. The van der Waals surface area contributed by atoms with Crippen molar-refractivity contribution < 1.29 is 4.79 Å². The van der Waals surface area contributed by atoms with Crippen LogP contribution in [0.3, 0.4) is 0 Å². The Morgan fingerprint density at radius 1 is 1.81 bits per heavy atom. The van der Waals surface area contributed by atoms with E-state index in [1.54, 1.807) is 11.5 Å². The Hall–Kier alpha value is -0.910. The van der Waals surface area contributed by atoms with E-state index in [4.69, 9.17) is 5.73 Å². The first kappa shape index (κ1) is 15.1. The quantitative estimate of drug-likeness (QED) is 0.793. The summed E-state index contributed by atoms with van der Waals surface area (Å²) in [6.45, 7) is 5.92. The Kier molecular flexibility index (Phi) is 6.96. The number of nitrogens with zero attached hydrogens (tertiary/aromatic N) is 1. The van der Waals surface area contributed by atoms with Crippen molar-refractivity contribution in [3.05, 3.63) is 28.7 Å². The maximum atomic E-state index is 11.6. The van der Waals surface area contributed by atoms with Gasteiger partial charge in [-0.15, -0.1) is 30.3 Å². The van der Waals surface area contributed by atoms with E-state index in [0.717, 1.165) is 11.4 Å². The van der Waals surface area contributed by atoms with Crippen molar-refractivity contribution in [2.45, 2.75) is 25.9 Å². The van der Waals surface area contributed by atoms with Crippen LogP contribution >= 0.6 is 23.7 Å². The molecule has 0 saturated heterocycles. The summed E-state index contributed by atoms with van der Waals surface area (Å²) >= 11 is 1.40. The van der Waals surface area contributed by atoms with Crippen LogP contribution in [0.2, 0.25) is 0 Å². The second-order valence-corrected chi connectivity index (χ2v) is 4.17. The van der Waals surface area contributed by atoms with Crippen LogP contribution in [-0.2, 0) is 6.54 Å². The fourth-order valence-electron chi connectivity index (χ4n) is 1.12. The van der Waals surface area contributed by atoms with Gasteiger partial charge in [0.05, 0.1) is 0 Å². The van der Waals surface area contributed by atoms with Gasteiger partial charge in [0.2, 0.25) is 0 Å². The lowest BCUT2D eigenvalue weighted by atomic mass is 10.2. The molecule has 1 heterocycles. The molecule has 0 bridgehead atoms. The molecule has 90 valence electrons. The second-order valence-electron chi connectivity index (χ2n) is 3.23. The average Bonchev–Trinajstić information content (AvgIpc) is 2.66. The van der Waals surface area contributed by atoms with Crippen LogP contribution in [0.4, 0.5) is 0 Å². The van der Waals surface area contributed by atoms with Crippen molar-refractivity contribution in [2.24, 2.45) is 5.73 Å². The Bertz CT molecular complexity index is 354. The number of carbonyl (C=O) groups is 1. The third kappa shape index (κ3) is 4.30. The van der Waals surface area contributed by atoms with Crippen LogP contribution in [0.1, 0.15) is 28.8 Å². The Morgan fingerprint density at radius 2 is 2.50 bits per heavy atom. The zero-order chi connectivity index (χ0) is 11.3. The minimum atomic E-state index is -0.152. The van der Waals surface area contributed by atoms with Gasteiger partial charge in [-0.3, -0.25) is 4.79 Å². The van der Waals surface area contributed by atoms with Crippen LogP contribution in [0, 0.1) is 0 Å². The van der Waals surface area contributed by atoms with Gasteiger partial charge >= 0.3 is 0 Å². The Balaban J connectivity index is 0.00000225. The van der Waals surface area contributed by atoms with E-state index in [9.17, 15) is 4.79 Å². The molecule has 16 heavy (non-hydrogen) atoms. The first-order valence-corrected chi connectivity index (χ1v) is 5.61. The molecule has 1 rings (SSSR count). The molecule has 1 aromatic heterocycles. The highest BCUT2D eigenvalue weighted by atomic mass is 35.5. The summed E-state index contributed by atoms with van der Waals surface area (Å²) in [5.74, 6) is -0.152. The lowest BCUT2D eigenvalue weighted by Crippen LogP contribution is -2.32. The highest BCUT2D eigenvalue weighted by Gasteiger charge is 2.11.